The van der Waals surface area contributed by atoms with Crippen LogP contribution in [-0.4, -0.2) is 50.2 Å². The van der Waals surface area contributed by atoms with Crippen molar-refractivity contribution in [3.8, 4) is 0 Å². The summed E-state index contributed by atoms with van der Waals surface area (Å²) in [4.78, 5) is 14.1. The Morgan fingerprint density at radius 3 is 2.83 bits per heavy atom. The van der Waals surface area contributed by atoms with Crippen molar-refractivity contribution in [1.29, 1.82) is 0 Å². The van der Waals surface area contributed by atoms with Crippen LogP contribution in [0.2, 0.25) is 0 Å². The average Bonchev–Trinajstić information content (AvgIpc) is 2.87. The van der Waals surface area contributed by atoms with Gasteiger partial charge in [0.2, 0.25) is 0 Å². The van der Waals surface area contributed by atoms with Crippen LogP contribution in [0.25, 0.3) is 0 Å². The highest BCUT2D eigenvalue weighted by atomic mass is 35.5. The Balaban J connectivity index is 0.00000162. The van der Waals surface area contributed by atoms with E-state index >= 15 is 0 Å². The molecule has 0 spiro atoms. The van der Waals surface area contributed by atoms with Gasteiger partial charge in [-0.1, -0.05) is 6.92 Å². The zero-order chi connectivity index (χ0) is 12.5. The maximum Gasteiger partial charge on any atom is 0.310 e. The zero-order valence-corrected chi connectivity index (χ0v) is 12.4. The number of ether oxygens (including phenoxy) is 1. The normalized spacial score (nSPS) is 36.4. The number of rotatable bonds is 3. The maximum absolute atomic E-state index is 11.6. The molecule has 0 aliphatic carbocycles. The molecule has 2 rings (SSSR count). The number of carbonyl (C=O) groups excluding carboxylic acids is 1. The predicted octanol–water partition coefficient (Wildman–Crippen LogP) is 1.29. The Morgan fingerprint density at radius 2 is 2.28 bits per heavy atom. The van der Waals surface area contributed by atoms with E-state index in [1.54, 1.807) is 0 Å². The molecule has 18 heavy (non-hydrogen) atoms. The van der Waals surface area contributed by atoms with Crippen LogP contribution in [-0.2, 0) is 9.53 Å². The van der Waals surface area contributed by atoms with Crippen molar-refractivity contribution in [1.82, 2.24) is 10.2 Å². The zero-order valence-electron chi connectivity index (χ0n) is 11.6. The largest absolute Gasteiger partial charge is 0.469 e. The Bertz CT molecular complexity index is 293. The molecule has 2 fully saturated rings. The van der Waals surface area contributed by atoms with Crippen molar-refractivity contribution in [2.45, 2.75) is 32.7 Å². The van der Waals surface area contributed by atoms with Crippen LogP contribution in [0, 0.1) is 11.3 Å². The van der Waals surface area contributed by atoms with Gasteiger partial charge in [-0.2, -0.15) is 0 Å². The first-order valence-corrected chi connectivity index (χ1v) is 6.58. The summed E-state index contributed by atoms with van der Waals surface area (Å²) in [5.41, 5.74) is 0.374. The molecule has 0 radical (unpaired) electrons. The highest BCUT2D eigenvalue weighted by Gasteiger charge is 2.40. The third-order valence-electron chi connectivity index (χ3n) is 4.43. The van der Waals surface area contributed by atoms with Crippen molar-refractivity contribution in [2.24, 2.45) is 11.3 Å². The molecule has 0 aromatic carbocycles. The van der Waals surface area contributed by atoms with E-state index in [4.69, 9.17) is 4.74 Å². The molecule has 1 N–H and O–H groups in total. The molecule has 5 heteroatoms. The van der Waals surface area contributed by atoms with Crippen LogP contribution in [0.1, 0.15) is 26.7 Å². The summed E-state index contributed by atoms with van der Waals surface area (Å²) in [6, 6.07) is 0.319. The number of hydrogen-bond acceptors (Lipinski definition) is 4. The summed E-state index contributed by atoms with van der Waals surface area (Å²) in [7, 11) is 1.49. The molecule has 3 atom stereocenters. The molecule has 0 aromatic heterocycles. The Kier molecular flexibility index (Phi) is 5.44. The number of esters is 1. The van der Waals surface area contributed by atoms with Crippen molar-refractivity contribution in [3.05, 3.63) is 0 Å². The van der Waals surface area contributed by atoms with Gasteiger partial charge in [-0.25, -0.2) is 0 Å². The molecule has 2 aliphatic rings. The lowest BCUT2D eigenvalue weighted by molar-refractivity contribution is -0.146. The summed E-state index contributed by atoms with van der Waals surface area (Å²) in [6.07, 6.45) is 2.18. The molecular weight excluding hydrogens is 252 g/mol. The van der Waals surface area contributed by atoms with Gasteiger partial charge < -0.3 is 10.1 Å². The number of nitrogens with zero attached hydrogens (tertiary/aromatic N) is 1. The van der Waals surface area contributed by atoms with Crippen LogP contribution in [0.5, 0.6) is 0 Å². The van der Waals surface area contributed by atoms with Crippen LogP contribution in [0.4, 0.5) is 0 Å². The van der Waals surface area contributed by atoms with Crippen molar-refractivity contribution in [3.63, 3.8) is 0 Å². The summed E-state index contributed by atoms with van der Waals surface area (Å²) < 4.78 is 4.87. The molecule has 0 bridgehead atoms. The molecule has 0 aromatic rings. The topological polar surface area (TPSA) is 41.6 Å². The quantitative estimate of drug-likeness (QED) is 0.789. The number of likely N-dealkylation sites (tertiary alicyclic amines) is 1. The fourth-order valence-electron chi connectivity index (χ4n) is 3.19. The average molecular weight is 277 g/mol. The summed E-state index contributed by atoms with van der Waals surface area (Å²) in [6.45, 7) is 8.83. The minimum Gasteiger partial charge on any atom is -0.469 e. The molecule has 2 aliphatic heterocycles. The van der Waals surface area contributed by atoms with Gasteiger partial charge in [-0.05, 0) is 38.3 Å². The molecule has 0 amide bonds. The van der Waals surface area contributed by atoms with Crippen molar-refractivity contribution < 1.29 is 9.53 Å². The van der Waals surface area contributed by atoms with E-state index in [-0.39, 0.29) is 24.3 Å². The molecular formula is C13H25ClN2O2. The second-order valence-electron chi connectivity index (χ2n) is 5.87. The van der Waals surface area contributed by atoms with Gasteiger partial charge in [0, 0.05) is 19.1 Å². The standard InChI is InChI=1S/C13H24N2O2.ClH/c1-10-11(12(16)17-3)4-7-15(10)9-13(2)5-6-14-8-13;/h10-11,14H,4-9H2,1-3H3;1H. The van der Waals surface area contributed by atoms with Gasteiger partial charge in [0.1, 0.15) is 0 Å². The van der Waals surface area contributed by atoms with Crippen molar-refractivity contribution in [2.75, 3.05) is 33.3 Å². The smallest absolute Gasteiger partial charge is 0.310 e. The monoisotopic (exact) mass is 276 g/mol. The van der Waals surface area contributed by atoms with E-state index in [0.717, 1.165) is 32.6 Å². The number of nitrogens with one attached hydrogen (secondary N) is 1. The minimum absolute atomic E-state index is 0. The Labute approximate surface area is 116 Å². The molecule has 106 valence electrons. The van der Waals surface area contributed by atoms with Gasteiger partial charge in [-0.15, -0.1) is 12.4 Å². The van der Waals surface area contributed by atoms with Crippen molar-refractivity contribution >= 4 is 18.4 Å². The van der Waals surface area contributed by atoms with E-state index < -0.39 is 0 Å². The highest BCUT2D eigenvalue weighted by Crippen LogP contribution is 2.32. The second-order valence-corrected chi connectivity index (χ2v) is 5.87. The first-order chi connectivity index (χ1) is 8.06. The van der Waals surface area contributed by atoms with Crippen LogP contribution >= 0.6 is 12.4 Å². The minimum atomic E-state index is -0.0466. The fourth-order valence-corrected chi connectivity index (χ4v) is 3.19. The first-order valence-electron chi connectivity index (χ1n) is 6.58. The highest BCUT2D eigenvalue weighted by molar-refractivity contribution is 5.85. The third-order valence-corrected chi connectivity index (χ3v) is 4.43. The molecule has 4 nitrogen and oxygen atoms in total. The fraction of sp³-hybridized carbons (Fsp3) is 0.923. The molecule has 2 saturated heterocycles. The summed E-state index contributed by atoms with van der Waals surface area (Å²) in [5.74, 6) is 0.0210. The summed E-state index contributed by atoms with van der Waals surface area (Å²) in [5, 5.41) is 3.43. The van der Waals surface area contributed by atoms with Crippen LogP contribution in [0.15, 0.2) is 0 Å². The third kappa shape index (κ3) is 3.16. The van der Waals surface area contributed by atoms with Crippen LogP contribution < -0.4 is 5.32 Å². The number of carbonyl (C=O) groups is 1. The SMILES string of the molecule is COC(=O)C1CCN(CC2(C)CCNC2)C1C.Cl. The van der Waals surface area contributed by atoms with E-state index in [1.807, 2.05) is 0 Å². The van der Waals surface area contributed by atoms with Gasteiger partial charge in [-0.3, -0.25) is 9.69 Å². The van der Waals surface area contributed by atoms with Crippen LogP contribution in [0.3, 0.4) is 0 Å². The lowest BCUT2D eigenvalue weighted by Crippen LogP contribution is -2.41. The number of halogens is 1. The van der Waals surface area contributed by atoms with E-state index in [0.29, 0.717) is 11.5 Å². The Hall–Kier alpha value is -0.320. The van der Waals surface area contributed by atoms with Gasteiger partial charge in [0.25, 0.3) is 0 Å². The summed E-state index contributed by atoms with van der Waals surface area (Å²) >= 11 is 0. The lowest BCUT2D eigenvalue weighted by atomic mass is 9.89. The molecule has 3 unspecified atom stereocenters. The van der Waals surface area contributed by atoms with Gasteiger partial charge >= 0.3 is 5.97 Å². The molecule has 0 saturated carbocycles. The first kappa shape index (κ1) is 15.7. The lowest BCUT2D eigenvalue weighted by Gasteiger charge is -2.32. The van der Waals surface area contributed by atoms with E-state index in [1.165, 1.54) is 13.5 Å². The molecule has 2 heterocycles. The van der Waals surface area contributed by atoms with E-state index in [9.17, 15) is 4.79 Å². The maximum atomic E-state index is 11.6. The van der Waals surface area contributed by atoms with Gasteiger partial charge in [0.15, 0.2) is 0 Å². The predicted molar refractivity (Wildman–Crippen MR) is 74.0 cm³/mol. The second kappa shape index (κ2) is 6.22. The Morgan fingerprint density at radius 1 is 1.56 bits per heavy atom. The number of hydrogen-bond donors (Lipinski definition) is 1. The van der Waals surface area contributed by atoms with Gasteiger partial charge in [0.05, 0.1) is 13.0 Å². The van der Waals surface area contributed by atoms with E-state index in [2.05, 4.69) is 24.1 Å². The number of methoxy groups -OCH3 is 1.